The molecule has 0 aromatic heterocycles. The Morgan fingerprint density at radius 2 is 1.24 bits per heavy atom. The number of hydrazone groups is 1. The minimum atomic E-state index is -1.87. The van der Waals surface area contributed by atoms with Crippen molar-refractivity contribution in [2.75, 3.05) is 41.7 Å². The van der Waals surface area contributed by atoms with E-state index in [4.69, 9.17) is 34.2 Å². The fourth-order valence-corrected chi connectivity index (χ4v) is 5.45. The van der Waals surface area contributed by atoms with Crippen LogP contribution in [0.4, 0.5) is 4.79 Å². The van der Waals surface area contributed by atoms with Crippen LogP contribution in [-0.4, -0.2) is 65.3 Å². The summed E-state index contributed by atoms with van der Waals surface area (Å²) >= 11 is 0. The van der Waals surface area contributed by atoms with Crippen molar-refractivity contribution in [3.05, 3.63) is 47.5 Å². The highest BCUT2D eigenvalue weighted by molar-refractivity contribution is 6.06. The van der Waals surface area contributed by atoms with Gasteiger partial charge in [-0.1, -0.05) is 12.1 Å². The fourth-order valence-electron chi connectivity index (χ4n) is 5.45. The molecule has 12 heteroatoms. The number of esters is 2. The number of hydrogen-bond acceptors (Lipinski definition) is 10. The lowest BCUT2D eigenvalue weighted by atomic mass is 9.55. The van der Waals surface area contributed by atoms with E-state index in [1.165, 1.54) is 28.4 Å². The third-order valence-corrected chi connectivity index (χ3v) is 7.13. The van der Waals surface area contributed by atoms with Gasteiger partial charge in [-0.2, -0.15) is 5.10 Å². The van der Waals surface area contributed by atoms with Crippen LogP contribution in [0.2, 0.25) is 0 Å². The third kappa shape index (κ3) is 6.16. The zero-order chi connectivity index (χ0) is 30.2. The second-order valence-electron chi connectivity index (χ2n) is 9.21. The van der Waals surface area contributed by atoms with E-state index < -0.39 is 35.2 Å². The number of carbonyl (C=O) groups excluding carboxylic acids is 3. The van der Waals surface area contributed by atoms with Gasteiger partial charge >= 0.3 is 18.0 Å². The van der Waals surface area contributed by atoms with Crippen molar-refractivity contribution in [1.82, 2.24) is 5.43 Å². The molecule has 0 aliphatic heterocycles. The lowest BCUT2D eigenvalue weighted by molar-refractivity contribution is -0.174. The van der Waals surface area contributed by atoms with Gasteiger partial charge in [-0.3, -0.25) is 9.59 Å². The molecular weight excluding hydrogens is 534 g/mol. The number of amides is 2. The lowest BCUT2D eigenvalue weighted by Gasteiger charge is -2.45. The number of nitrogens with two attached hydrogens (primary N) is 1. The molecule has 2 amide bonds. The number of hydrogen-bond donors (Lipinski definition) is 2. The minimum absolute atomic E-state index is 0.0906. The first kappa shape index (κ1) is 31.1. The van der Waals surface area contributed by atoms with Gasteiger partial charge in [0.2, 0.25) is 0 Å². The van der Waals surface area contributed by atoms with Crippen LogP contribution in [0.25, 0.3) is 0 Å². The molecule has 1 fully saturated rings. The highest BCUT2D eigenvalue weighted by atomic mass is 16.5. The topological polar surface area (TPSA) is 157 Å². The quantitative estimate of drug-likeness (QED) is 0.234. The molecule has 1 aliphatic carbocycles. The van der Waals surface area contributed by atoms with Crippen molar-refractivity contribution in [2.24, 2.45) is 16.3 Å². The minimum Gasteiger partial charge on any atom is -0.493 e. The van der Waals surface area contributed by atoms with Gasteiger partial charge in [0.05, 0.1) is 41.7 Å². The standard InChI is InChI=1S/C29H37N3O9/c1-7-40-24-13-17(9-11-22(24)36-3)20-15-19(31-32-28(30)35)16-21(29(20,26(33)38-5)27(34)39-6)18-10-12-23(37-4)25(14-18)41-8-2/h9-14,20-21H,7-8,15-16H2,1-6H3,(H3,30,32,35). The maximum atomic E-state index is 13.9. The Morgan fingerprint density at radius 3 is 1.59 bits per heavy atom. The first-order chi connectivity index (χ1) is 19.7. The Hall–Kier alpha value is -4.48. The number of methoxy groups -OCH3 is 4. The van der Waals surface area contributed by atoms with E-state index in [0.29, 0.717) is 53.1 Å². The predicted octanol–water partition coefficient (Wildman–Crippen LogP) is 3.52. The number of benzene rings is 2. The Morgan fingerprint density at radius 1 is 0.805 bits per heavy atom. The molecule has 0 radical (unpaired) electrons. The zero-order valence-corrected chi connectivity index (χ0v) is 24.1. The van der Waals surface area contributed by atoms with Gasteiger partial charge in [-0.25, -0.2) is 10.2 Å². The summed E-state index contributed by atoms with van der Waals surface area (Å²) in [5, 5.41) is 4.23. The zero-order valence-electron chi connectivity index (χ0n) is 24.1. The maximum Gasteiger partial charge on any atom is 0.332 e. The van der Waals surface area contributed by atoms with E-state index in [2.05, 4.69) is 10.5 Å². The lowest BCUT2D eigenvalue weighted by Crippen LogP contribution is -2.54. The monoisotopic (exact) mass is 571 g/mol. The average molecular weight is 572 g/mol. The van der Waals surface area contributed by atoms with E-state index in [1.54, 1.807) is 36.4 Å². The first-order valence-corrected chi connectivity index (χ1v) is 13.1. The molecule has 1 aliphatic rings. The van der Waals surface area contributed by atoms with E-state index in [-0.39, 0.29) is 12.8 Å². The molecule has 41 heavy (non-hydrogen) atoms. The summed E-state index contributed by atoms with van der Waals surface area (Å²) in [4.78, 5) is 39.4. The van der Waals surface area contributed by atoms with Gasteiger partial charge in [-0.05, 0) is 62.1 Å². The molecule has 2 aromatic rings. The average Bonchev–Trinajstić information content (AvgIpc) is 2.98. The summed E-state index contributed by atoms with van der Waals surface area (Å²) in [6, 6.07) is 9.46. The Bertz CT molecular complexity index is 1210. The van der Waals surface area contributed by atoms with Crippen LogP contribution >= 0.6 is 0 Å². The molecule has 0 saturated heterocycles. The van der Waals surface area contributed by atoms with Gasteiger partial charge in [0.15, 0.2) is 28.4 Å². The Labute approximate surface area is 239 Å². The summed E-state index contributed by atoms with van der Waals surface area (Å²) in [5.74, 6) is -1.50. The molecule has 2 unspecified atom stereocenters. The van der Waals surface area contributed by atoms with E-state index in [1.807, 2.05) is 13.8 Å². The van der Waals surface area contributed by atoms with Crippen molar-refractivity contribution in [2.45, 2.75) is 38.5 Å². The molecule has 3 N–H and O–H groups in total. The number of rotatable bonds is 11. The number of nitrogens with one attached hydrogen (secondary N) is 1. The molecule has 222 valence electrons. The van der Waals surface area contributed by atoms with Gasteiger partial charge < -0.3 is 34.2 Å². The summed E-state index contributed by atoms with van der Waals surface area (Å²) in [6.45, 7) is 4.37. The molecule has 2 atom stereocenters. The molecule has 12 nitrogen and oxygen atoms in total. The van der Waals surface area contributed by atoms with Crippen LogP contribution in [0, 0.1) is 5.41 Å². The molecule has 0 bridgehead atoms. The number of ether oxygens (including phenoxy) is 6. The summed E-state index contributed by atoms with van der Waals surface area (Å²) in [5.41, 5.74) is 7.34. The number of nitrogens with zero attached hydrogens (tertiary/aromatic N) is 1. The third-order valence-electron chi connectivity index (χ3n) is 7.13. The highest BCUT2D eigenvalue weighted by Gasteiger charge is 2.63. The van der Waals surface area contributed by atoms with Crippen LogP contribution in [0.5, 0.6) is 23.0 Å². The SMILES string of the molecule is CCOc1cc(C2CC(=NNC(N)=O)CC(c3ccc(OC)c(OCC)c3)C2(C(=O)OC)C(=O)OC)ccc1OC. The van der Waals surface area contributed by atoms with Crippen LogP contribution < -0.4 is 30.1 Å². The molecule has 0 heterocycles. The second-order valence-corrected chi connectivity index (χ2v) is 9.21. The van der Waals surface area contributed by atoms with Crippen LogP contribution in [-0.2, 0) is 19.1 Å². The second kappa shape index (κ2) is 13.7. The maximum absolute atomic E-state index is 13.9. The summed E-state index contributed by atoms with van der Waals surface area (Å²) in [6.07, 6.45) is 0.181. The fraction of sp³-hybridized carbons (Fsp3) is 0.448. The first-order valence-electron chi connectivity index (χ1n) is 13.1. The van der Waals surface area contributed by atoms with Crippen LogP contribution in [0.1, 0.15) is 49.7 Å². The normalized spacial score (nSPS) is 17.6. The number of primary amides is 1. The number of carbonyl (C=O) groups is 3. The van der Waals surface area contributed by atoms with Crippen molar-refractivity contribution in [3.8, 4) is 23.0 Å². The molecule has 0 spiro atoms. The van der Waals surface area contributed by atoms with E-state index >= 15 is 0 Å². The van der Waals surface area contributed by atoms with E-state index in [0.717, 1.165) is 0 Å². The molecular formula is C29H37N3O9. The smallest absolute Gasteiger partial charge is 0.332 e. The van der Waals surface area contributed by atoms with Crippen molar-refractivity contribution >= 4 is 23.7 Å². The Kier molecular flexibility index (Phi) is 10.4. The molecule has 3 rings (SSSR count). The molecule has 2 aromatic carbocycles. The van der Waals surface area contributed by atoms with Crippen LogP contribution in [0.3, 0.4) is 0 Å². The summed E-state index contributed by atoms with van der Waals surface area (Å²) < 4.78 is 33.1. The molecule has 1 saturated carbocycles. The van der Waals surface area contributed by atoms with Gasteiger partial charge in [-0.15, -0.1) is 0 Å². The number of urea groups is 1. The van der Waals surface area contributed by atoms with Crippen molar-refractivity contribution in [1.29, 1.82) is 0 Å². The van der Waals surface area contributed by atoms with Crippen molar-refractivity contribution in [3.63, 3.8) is 0 Å². The predicted molar refractivity (Wildman–Crippen MR) is 150 cm³/mol. The van der Waals surface area contributed by atoms with Gasteiger partial charge in [0, 0.05) is 17.5 Å². The Balaban J connectivity index is 2.38. The van der Waals surface area contributed by atoms with Gasteiger partial charge in [0.1, 0.15) is 0 Å². The van der Waals surface area contributed by atoms with Gasteiger partial charge in [0.25, 0.3) is 0 Å². The summed E-state index contributed by atoms with van der Waals surface area (Å²) in [7, 11) is 5.47. The van der Waals surface area contributed by atoms with E-state index in [9.17, 15) is 14.4 Å². The van der Waals surface area contributed by atoms with Crippen molar-refractivity contribution < 1.29 is 42.8 Å². The highest BCUT2D eigenvalue weighted by Crippen LogP contribution is 2.57. The van der Waals surface area contributed by atoms with Crippen LogP contribution in [0.15, 0.2) is 41.5 Å². The largest absolute Gasteiger partial charge is 0.493 e.